The lowest BCUT2D eigenvalue weighted by molar-refractivity contribution is -0.118. The van der Waals surface area contributed by atoms with Gasteiger partial charge in [-0.2, -0.15) is 0 Å². The number of hydrogen-bond acceptors (Lipinski definition) is 4. The zero-order chi connectivity index (χ0) is 23.8. The normalized spacial score (nSPS) is 23.7. The Kier molecular flexibility index (Phi) is 4.49. The largest absolute Gasteiger partial charge is 0.352 e. The van der Waals surface area contributed by atoms with Gasteiger partial charge >= 0.3 is 0 Å². The average Bonchev–Trinajstić information content (AvgIpc) is 3.27. The van der Waals surface area contributed by atoms with Gasteiger partial charge in [0.25, 0.3) is 0 Å². The molecular formula is C29H22ClNO3. The molecule has 6 rings (SSSR count). The van der Waals surface area contributed by atoms with Crippen LogP contribution in [0.15, 0.2) is 72.8 Å². The van der Waals surface area contributed by atoms with E-state index in [1.807, 2.05) is 54.3 Å². The van der Waals surface area contributed by atoms with Crippen LogP contribution in [-0.2, 0) is 4.79 Å². The first-order valence-corrected chi connectivity index (χ1v) is 11.7. The van der Waals surface area contributed by atoms with Crippen molar-refractivity contribution in [1.29, 1.82) is 0 Å². The van der Waals surface area contributed by atoms with E-state index in [9.17, 15) is 14.4 Å². The second-order valence-electron chi connectivity index (χ2n) is 9.43. The molecule has 0 radical (unpaired) electrons. The van der Waals surface area contributed by atoms with Gasteiger partial charge in [-0.1, -0.05) is 72.3 Å². The van der Waals surface area contributed by atoms with Gasteiger partial charge in [0.2, 0.25) is 0 Å². The topological polar surface area (TPSA) is 54.5 Å². The van der Waals surface area contributed by atoms with Crippen molar-refractivity contribution in [2.45, 2.75) is 31.8 Å². The van der Waals surface area contributed by atoms with E-state index in [4.69, 9.17) is 11.6 Å². The predicted molar refractivity (Wildman–Crippen MR) is 133 cm³/mol. The number of carbonyl (C=O) groups is 3. The van der Waals surface area contributed by atoms with Crippen LogP contribution in [0.1, 0.15) is 50.2 Å². The lowest BCUT2D eigenvalue weighted by Gasteiger charge is -2.37. The Hall–Kier alpha value is -3.50. The molecule has 1 aliphatic carbocycles. The third kappa shape index (κ3) is 2.57. The molecule has 168 valence electrons. The summed E-state index contributed by atoms with van der Waals surface area (Å²) in [5.41, 5.74) is 3.07. The molecule has 0 amide bonds. The number of Topliss-reactive ketones (excluding diaryl/α,β-unsaturated/α-hetero) is 3. The molecule has 2 aliphatic heterocycles. The molecule has 1 fully saturated rings. The fourth-order valence-electron chi connectivity index (χ4n) is 6.27. The molecule has 3 aliphatic rings. The maximum atomic E-state index is 14.3. The number of rotatable bonds is 2. The van der Waals surface area contributed by atoms with Gasteiger partial charge in [0.1, 0.15) is 5.41 Å². The van der Waals surface area contributed by atoms with Crippen LogP contribution >= 0.6 is 11.6 Å². The molecule has 0 N–H and O–H groups in total. The van der Waals surface area contributed by atoms with E-state index in [1.165, 1.54) is 0 Å². The molecule has 2 heterocycles. The number of carbonyl (C=O) groups excluding carboxylic acids is 3. The van der Waals surface area contributed by atoms with E-state index in [0.29, 0.717) is 16.1 Å². The van der Waals surface area contributed by atoms with Crippen molar-refractivity contribution in [3.05, 3.63) is 106 Å². The molecule has 3 atom stereocenters. The van der Waals surface area contributed by atoms with E-state index in [1.54, 1.807) is 43.3 Å². The molecule has 1 saturated heterocycles. The standard InChI is InChI=1S/C29H22ClNO3/c1-16-7-8-18-11-14-24-29(27(33)21-5-3-4-6-22(21)28(29)34)25(19-9-12-20(30)13-10-19)26(17(2)32)31(24)23(18)15-16/h3-15,24-26H,1-2H3/t24-,25+,26+/m1/s1. The second kappa shape index (κ2) is 7.25. The molecule has 3 aromatic carbocycles. The summed E-state index contributed by atoms with van der Waals surface area (Å²) in [6, 6.07) is 19.0. The number of fused-ring (bicyclic) bond motifs is 5. The lowest BCUT2D eigenvalue weighted by Crippen LogP contribution is -2.48. The van der Waals surface area contributed by atoms with Crippen LogP contribution in [0.25, 0.3) is 6.08 Å². The van der Waals surface area contributed by atoms with Crippen molar-refractivity contribution >= 4 is 40.7 Å². The SMILES string of the molecule is CC(=O)[C@H]1[C@H](c2ccc(Cl)cc2)C2(C(=O)c3ccccc3C2=O)[C@H]2C=Cc3ccc(C)cc3N12. The summed E-state index contributed by atoms with van der Waals surface area (Å²) in [5.74, 6) is -1.17. The summed E-state index contributed by atoms with van der Waals surface area (Å²) in [6.45, 7) is 3.55. The monoisotopic (exact) mass is 467 g/mol. The molecule has 34 heavy (non-hydrogen) atoms. The number of halogens is 1. The molecule has 0 unspecified atom stereocenters. The highest BCUT2D eigenvalue weighted by molar-refractivity contribution is 6.32. The summed E-state index contributed by atoms with van der Waals surface area (Å²) in [6.07, 6.45) is 3.91. The number of benzene rings is 3. The number of hydrogen-bond donors (Lipinski definition) is 0. The van der Waals surface area contributed by atoms with Gasteiger partial charge in [0.05, 0.1) is 12.1 Å². The van der Waals surface area contributed by atoms with Crippen molar-refractivity contribution in [3.63, 3.8) is 0 Å². The van der Waals surface area contributed by atoms with E-state index < -0.39 is 23.4 Å². The second-order valence-corrected chi connectivity index (χ2v) is 9.87. The maximum Gasteiger partial charge on any atom is 0.180 e. The first-order valence-electron chi connectivity index (χ1n) is 11.4. The highest BCUT2D eigenvalue weighted by Gasteiger charge is 2.71. The Morgan fingerprint density at radius 2 is 1.59 bits per heavy atom. The van der Waals surface area contributed by atoms with Crippen LogP contribution in [0, 0.1) is 12.3 Å². The van der Waals surface area contributed by atoms with Gasteiger partial charge < -0.3 is 4.90 Å². The summed E-state index contributed by atoms with van der Waals surface area (Å²) < 4.78 is 0. The number of ketones is 3. The molecule has 3 aromatic rings. The van der Waals surface area contributed by atoms with Crippen LogP contribution in [0.4, 0.5) is 5.69 Å². The molecule has 0 saturated carbocycles. The maximum absolute atomic E-state index is 14.3. The summed E-state index contributed by atoms with van der Waals surface area (Å²) in [4.78, 5) is 43.9. The Morgan fingerprint density at radius 3 is 2.21 bits per heavy atom. The lowest BCUT2D eigenvalue weighted by atomic mass is 9.64. The fourth-order valence-corrected chi connectivity index (χ4v) is 6.39. The Bertz CT molecular complexity index is 1390. The van der Waals surface area contributed by atoms with Gasteiger partial charge in [-0.3, -0.25) is 14.4 Å². The van der Waals surface area contributed by atoms with Crippen molar-refractivity contribution < 1.29 is 14.4 Å². The Morgan fingerprint density at radius 1 is 0.941 bits per heavy atom. The third-order valence-electron chi connectivity index (χ3n) is 7.61. The van der Waals surface area contributed by atoms with Gasteiger partial charge in [-0.05, 0) is 48.7 Å². The summed E-state index contributed by atoms with van der Waals surface area (Å²) >= 11 is 6.18. The smallest absolute Gasteiger partial charge is 0.180 e. The van der Waals surface area contributed by atoms with E-state index in [-0.39, 0.29) is 17.3 Å². The zero-order valence-corrected chi connectivity index (χ0v) is 19.5. The predicted octanol–water partition coefficient (Wildman–Crippen LogP) is 5.67. The minimum absolute atomic E-state index is 0.0823. The molecular weight excluding hydrogens is 446 g/mol. The molecule has 0 bridgehead atoms. The van der Waals surface area contributed by atoms with Crippen LogP contribution in [0.2, 0.25) is 5.02 Å². The third-order valence-corrected chi connectivity index (χ3v) is 7.86. The van der Waals surface area contributed by atoms with Gasteiger partial charge in [-0.25, -0.2) is 0 Å². The quantitative estimate of drug-likeness (QED) is 0.455. The Balaban J connectivity index is 1.69. The fraction of sp³-hybridized carbons (Fsp3) is 0.207. The molecule has 1 spiro atoms. The average molecular weight is 468 g/mol. The number of nitrogens with zero attached hydrogens (tertiary/aromatic N) is 1. The number of aryl methyl sites for hydroxylation is 1. The summed E-state index contributed by atoms with van der Waals surface area (Å²) in [5, 5.41) is 0.557. The number of anilines is 1. The van der Waals surface area contributed by atoms with Crippen LogP contribution in [0.5, 0.6) is 0 Å². The highest BCUT2D eigenvalue weighted by Crippen LogP contribution is 2.60. The van der Waals surface area contributed by atoms with Gasteiger partial charge in [-0.15, -0.1) is 0 Å². The highest BCUT2D eigenvalue weighted by atomic mass is 35.5. The van der Waals surface area contributed by atoms with Gasteiger partial charge in [0, 0.05) is 27.8 Å². The first-order chi connectivity index (χ1) is 16.4. The van der Waals surface area contributed by atoms with E-state index in [0.717, 1.165) is 22.4 Å². The molecule has 0 aromatic heterocycles. The summed E-state index contributed by atoms with van der Waals surface area (Å²) in [7, 11) is 0. The minimum atomic E-state index is -1.44. The minimum Gasteiger partial charge on any atom is -0.352 e. The van der Waals surface area contributed by atoms with Gasteiger partial charge in [0.15, 0.2) is 17.3 Å². The van der Waals surface area contributed by atoms with Crippen molar-refractivity contribution in [3.8, 4) is 0 Å². The van der Waals surface area contributed by atoms with Crippen LogP contribution < -0.4 is 4.90 Å². The van der Waals surface area contributed by atoms with E-state index in [2.05, 4.69) is 0 Å². The molecule has 4 nitrogen and oxygen atoms in total. The van der Waals surface area contributed by atoms with Crippen LogP contribution in [-0.4, -0.2) is 29.4 Å². The first kappa shape index (κ1) is 21.1. The molecule has 5 heteroatoms. The van der Waals surface area contributed by atoms with Crippen molar-refractivity contribution in [1.82, 2.24) is 0 Å². The van der Waals surface area contributed by atoms with Crippen LogP contribution in [0.3, 0.4) is 0 Å². The van der Waals surface area contributed by atoms with E-state index >= 15 is 0 Å². The zero-order valence-electron chi connectivity index (χ0n) is 18.8. The van der Waals surface area contributed by atoms with Crippen molar-refractivity contribution in [2.75, 3.05) is 4.90 Å². The van der Waals surface area contributed by atoms with Crippen molar-refractivity contribution in [2.24, 2.45) is 5.41 Å². The Labute approximate surface area is 202 Å².